The number of halogens is 2. The average Bonchev–Trinajstić information content (AvgIpc) is 2.22. The predicted octanol–water partition coefficient (Wildman–Crippen LogP) is 3.34. The Kier molecular flexibility index (Phi) is 2.46. The van der Waals surface area contributed by atoms with Crippen molar-refractivity contribution in [1.29, 1.82) is 0 Å². The summed E-state index contributed by atoms with van der Waals surface area (Å²) in [7, 11) is 0. The first-order valence-corrected chi connectivity index (χ1v) is 4.55. The van der Waals surface area contributed by atoms with Crippen molar-refractivity contribution in [2.75, 3.05) is 0 Å². The molecule has 1 aromatic heterocycles. The van der Waals surface area contributed by atoms with Crippen molar-refractivity contribution in [3.63, 3.8) is 0 Å². The third-order valence-corrected chi connectivity index (χ3v) is 2.14. The molecule has 0 fully saturated rings. The highest BCUT2D eigenvalue weighted by molar-refractivity contribution is 5.60. The molecule has 0 aliphatic heterocycles. The summed E-state index contributed by atoms with van der Waals surface area (Å²) in [5.41, 5.74) is 1.61. The summed E-state index contributed by atoms with van der Waals surface area (Å²) < 4.78 is 26.4. The number of hydrogen-bond acceptors (Lipinski definition) is 1. The molecule has 0 aliphatic rings. The van der Waals surface area contributed by atoms with Crippen molar-refractivity contribution < 1.29 is 8.78 Å². The van der Waals surface area contributed by atoms with Crippen LogP contribution in [0.4, 0.5) is 8.78 Å². The van der Waals surface area contributed by atoms with Gasteiger partial charge in [-0.25, -0.2) is 8.78 Å². The largest absolute Gasteiger partial charge is 0.256 e. The third kappa shape index (κ3) is 1.86. The van der Waals surface area contributed by atoms with Crippen LogP contribution in [0.3, 0.4) is 0 Å². The van der Waals surface area contributed by atoms with Crippen molar-refractivity contribution in [2.45, 2.75) is 6.92 Å². The molecule has 0 saturated carbocycles. The Balaban J connectivity index is 2.59. The molecule has 2 aromatic rings. The lowest BCUT2D eigenvalue weighted by molar-refractivity contribution is 0.511. The maximum atomic E-state index is 13.4. The molecule has 1 nitrogen and oxygen atoms in total. The molecule has 0 N–H and O–H groups in total. The Bertz CT molecular complexity index is 495. The van der Waals surface area contributed by atoms with Gasteiger partial charge in [0.25, 0.3) is 0 Å². The van der Waals surface area contributed by atoms with Crippen LogP contribution in [0.25, 0.3) is 11.3 Å². The number of aromatic nitrogens is 1. The van der Waals surface area contributed by atoms with Crippen LogP contribution in [0.15, 0.2) is 36.5 Å². The minimum absolute atomic E-state index is 0.193. The number of aryl methyl sites for hydroxylation is 1. The lowest BCUT2D eigenvalue weighted by Crippen LogP contribution is -1.91. The summed E-state index contributed by atoms with van der Waals surface area (Å²) in [4.78, 5) is 4.01. The molecule has 0 atom stereocenters. The molecule has 0 bridgehead atoms. The minimum atomic E-state index is -0.851. The lowest BCUT2D eigenvalue weighted by atomic mass is 10.1. The second kappa shape index (κ2) is 3.77. The molecular weight excluding hydrogens is 196 g/mol. The van der Waals surface area contributed by atoms with Crippen molar-refractivity contribution >= 4 is 0 Å². The van der Waals surface area contributed by atoms with Gasteiger partial charge >= 0.3 is 0 Å². The van der Waals surface area contributed by atoms with Crippen molar-refractivity contribution in [3.8, 4) is 11.3 Å². The lowest BCUT2D eigenvalue weighted by Gasteiger charge is -2.03. The summed E-state index contributed by atoms with van der Waals surface area (Å²) >= 11 is 0. The average molecular weight is 205 g/mol. The maximum Gasteiger partial charge on any atom is 0.168 e. The zero-order valence-electron chi connectivity index (χ0n) is 8.17. The van der Waals surface area contributed by atoms with Crippen LogP contribution >= 0.6 is 0 Å². The van der Waals surface area contributed by atoms with E-state index in [0.717, 1.165) is 11.6 Å². The first-order chi connectivity index (χ1) is 7.18. The number of benzene rings is 1. The Morgan fingerprint density at radius 3 is 2.67 bits per heavy atom. The van der Waals surface area contributed by atoms with Crippen molar-refractivity contribution in [3.05, 3.63) is 53.7 Å². The quantitative estimate of drug-likeness (QED) is 0.695. The molecular formula is C12H9F2N. The molecule has 1 heterocycles. The van der Waals surface area contributed by atoms with Gasteiger partial charge in [0, 0.05) is 11.8 Å². The third-order valence-electron chi connectivity index (χ3n) is 2.14. The Morgan fingerprint density at radius 1 is 1.13 bits per heavy atom. The molecule has 15 heavy (non-hydrogen) atoms. The molecule has 2 rings (SSSR count). The van der Waals surface area contributed by atoms with Crippen LogP contribution in [0.5, 0.6) is 0 Å². The van der Waals surface area contributed by atoms with E-state index >= 15 is 0 Å². The first kappa shape index (κ1) is 9.77. The van der Waals surface area contributed by atoms with Gasteiger partial charge in [-0.05, 0) is 36.8 Å². The highest BCUT2D eigenvalue weighted by Gasteiger charge is 2.10. The van der Waals surface area contributed by atoms with Gasteiger partial charge in [0.2, 0.25) is 0 Å². The van der Waals surface area contributed by atoms with E-state index in [2.05, 4.69) is 4.98 Å². The fourth-order valence-corrected chi connectivity index (χ4v) is 1.39. The topological polar surface area (TPSA) is 12.9 Å². The SMILES string of the molecule is Cc1ccnc(-c2cccc(F)c2F)c1. The molecule has 0 saturated heterocycles. The molecule has 3 heteroatoms. The van der Waals surface area contributed by atoms with E-state index in [-0.39, 0.29) is 5.56 Å². The van der Waals surface area contributed by atoms with Crippen LogP contribution in [0.2, 0.25) is 0 Å². The first-order valence-electron chi connectivity index (χ1n) is 4.55. The number of pyridine rings is 1. The molecule has 0 unspecified atom stereocenters. The standard InChI is InChI=1S/C12H9F2N/c1-8-5-6-15-11(7-8)9-3-2-4-10(13)12(9)14/h2-7H,1H3. The summed E-state index contributed by atoms with van der Waals surface area (Å²) in [6.45, 7) is 1.88. The normalized spacial score (nSPS) is 10.3. The van der Waals surface area contributed by atoms with Crippen LogP contribution in [-0.4, -0.2) is 4.98 Å². The van der Waals surface area contributed by atoms with E-state index in [1.165, 1.54) is 12.1 Å². The molecule has 0 radical (unpaired) electrons. The van der Waals surface area contributed by atoms with Gasteiger partial charge in [0.15, 0.2) is 11.6 Å². The van der Waals surface area contributed by atoms with Gasteiger partial charge in [-0.15, -0.1) is 0 Å². The zero-order valence-corrected chi connectivity index (χ0v) is 8.17. The van der Waals surface area contributed by atoms with E-state index < -0.39 is 11.6 Å². The minimum Gasteiger partial charge on any atom is -0.256 e. The summed E-state index contributed by atoms with van der Waals surface area (Å²) in [6.07, 6.45) is 1.58. The van der Waals surface area contributed by atoms with Crippen molar-refractivity contribution in [2.24, 2.45) is 0 Å². The van der Waals surface area contributed by atoms with E-state index in [1.54, 1.807) is 18.3 Å². The second-order valence-electron chi connectivity index (χ2n) is 3.32. The zero-order chi connectivity index (χ0) is 10.8. The second-order valence-corrected chi connectivity index (χ2v) is 3.32. The fraction of sp³-hybridized carbons (Fsp3) is 0.0833. The Morgan fingerprint density at radius 2 is 1.93 bits per heavy atom. The highest BCUT2D eigenvalue weighted by atomic mass is 19.2. The summed E-state index contributed by atoms with van der Waals surface area (Å²) in [6, 6.07) is 7.60. The van der Waals surface area contributed by atoms with Gasteiger partial charge in [-0.1, -0.05) is 6.07 Å². The maximum absolute atomic E-state index is 13.4. The predicted molar refractivity (Wildman–Crippen MR) is 54.3 cm³/mol. The van der Waals surface area contributed by atoms with Crippen molar-refractivity contribution in [1.82, 2.24) is 4.98 Å². The Hall–Kier alpha value is -1.77. The molecule has 76 valence electrons. The van der Waals surface area contributed by atoms with Gasteiger partial charge in [-0.3, -0.25) is 4.98 Å². The smallest absolute Gasteiger partial charge is 0.168 e. The molecule has 1 aromatic carbocycles. The van der Waals surface area contributed by atoms with Gasteiger partial charge in [0.05, 0.1) is 5.69 Å². The summed E-state index contributed by atoms with van der Waals surface area (Å²) in [5, 5.41) is 0. The number of nitrogens with zero attached hydrogens (tertiary/aromatic N) is 1. The van der Waals surface area contributed by atoms with Gasteiger partial charge in [-0.2, -0.15) is 0 Å². The molecule has 0 spiro atoms. The van der Waals surface area contributed by atoms with E-state index in [0.29, 0.717) is 5.69 Å². The molecule has 0 aliphatic carbocycles. The van der Waals surface area contributed by atoms with Gasteiger partial charge in [0.1, 0.15) is 0 Å². The van der Waals surface area contributed by atoms with Gasteiger partial charge < -0.3 is 0 Å². The van der Waals surface area contributed by atoms with Crippen LogP contribution in [0, 0.1) is 18.6 Å². The van der Waals surface area contributed by atoms with E-state index in [4.69, 9.17) is 0 Å². The van der Waals surface area contributed by atoms with Crippen LogP contribution in [0.1, 0.15) is 5.56 Å². The van der Waals surface area contributed by atoms with E-state index in [9.17, 15) is 8.78 Å². The number of rotatable bonds is 1. The monoisotopic (exact) mass is 205 g/mol. The fourth-order valence-electron chi connectivity index (χ4n) is 1.39. The van der Waals surface area contributed by atoms with Crippen LogP contribution in [-0.2, 0) is 0 Å². The highest BCUT2D eigenvalue weighted by Crippen LogP contribution is 2.22. The summed E-state index contributed by atoms with van der Waals surface area (Å²) in [5.74, 6) is -1.70. The Labute approximate surface area is 86.4 Å². The molecule has 0 amide bonds. The number of hydrogen-bond donors (Lipinski definition) is 0. The van der Waals surface area contributed by atoms with Crippen LogP contribution < -0.4 is 0 Å². The van der Waals surface area contributed by atoms with E-state index in [1.807, 2.05) is 6.92 Å².